The first-order valence-corrected chi connectivity index (χ1v) is 13.3. The molecule has 2 unspecified atom stereocenters. The Morgan fingerprint density at radius 3 is 2.49 bits per heavy atom. The average molecular weight is 507 g/mol. The monoisotopic (exact) mass is 506 g/mol. The van der Waals surface area contributed by atoms with Gasteiger partial charge >= 0.3 is 0 Å². The smallest absolute Gasteiger partial charge is 0.242 e. The fourth-order valence-electron chi connectivity index (χ4n) is 5.02. The number of nitrogens with zero attached hydrogens (tertiary/aromatic N) is 1. The topological polar surface area (TPSA) is 99.8 Å². The Hall–Kier alpha value is -3.39. The number of hydrogen-bond acceptors (Lipinski definition) is 5. The van der Waals surface area contributed by atoms with Crippen LogP contribution in [0, 0.1) is 0 Å². The number of fused-ring (bicyclic) bond motifs is 1. The van der Waals surface area contributed by atoms with Gasteiger partial charge in [-0.1, -0.05) is 55.5 Å². The lowest BCUT2D eigenvalue weighted by molar-refractivity contribution is -0.137. The highest BCUT2D eigenvalue weighted by Gasteiger charge is 2.28. The summed E-state index contributed by atoms with van der Waals surface area (Å²) in [6, 6.07) is 14.7. The van der Waals surface area contributed by atoms with Crippen molar-refractivity contribution in [3.8, 4) is 5.75 Å². The second-order valence-corrected chi connectivity index (χ2v) is 9.95. The van der Waals surface area contributed by atoms with Gasteiger partial charge in [0.05, 0.1) is 12.6 Å². The highest BCUT2D eigenvalue weighted by Crippen LogP contribution is 2.32. The van der Waals surface area contributed by atoms with Crippen molar-refractivity contribution in [2.24, 2.45) is 0 Å². The van der Waals surface area contributed by atoms with Gasteiger partial charge in [-0.05, 0) is 48.8 Å². The van der Waals surface area contributed by atoms with Crippen molar-refractivity contribution in [3.05, 3.63) is 65.2 Å². The number of carbonyl (C=O) groups is 3. The van der Waals surface area contributed by atoms with Crippen LogP contribution in [0.5, 0.6) is 5.75 Å². The number of rotatable bonds is 3. The van der Waals surface area contributed by atoms with Crippen molar-refractivity contribution < 1.29 is 19.1 Å². The number of para-hydroxylation sites is 1. The second kappa shape index (κ2) is 12.7. The molecule has 37 heavy (non-hydrogen) atoms. The number of carbonyl (C=O) groups excluding carboxylic acids is 3. The van der Waals surface area contributed by atoms with E-state index < -0.39 is 12.1 Å². The molecule has 0 radical (unpaired) electrons. The largest absolute Gasteiger partial charge is 0.489 e. The molecule has 8 heteroatoms. The fraction of sp³-hybridized carbons (Fsp3) is 0.483. The molecule has 3 atom stereocenters. The van der Waals surface area contributed by atoms with Gasteiger partial charge in [0.2, 0.25) is 17.7 Å². The molecular formula is C29H38N4O4. The predicted molar refractivity (Wildman–Crippen MR) is 142 cm³/mol. The van der Waals surface area contributed by atoms with Crippen LogP contribution in [-0.2, 0) is 33.6 Å². The van der Waals surface area contributed by atoms with Gasteiger partial charge in [-0.15, -0.1) is 0 Å². The Morgan fingerprint density at radius 1 is 0.973 bits per heavy atom. The summed E-state index contributed by atoms with van der Waals surface area (Å²) < 4.78 is 6.40. The molecule has 2 aromatic rings. The number of ether oxygens (including phenoxy) is 1. The number of aryl methyl sites for hydroxylation is 2. The zero-order valence-electron chi connectivity index (χ0n) is 21.8. The van der Waals surface area contributed by atoms with E-state index in [4.69, 9.17) is 4.74 Å². The molecule has 0 spiro atoms. The first-order chi connectivity index (χ1) is 17.9. The fourth-order valence-corrected chi connectivity index (χ4v) is 5.02. The first kappa shape index (κ1) is 26.7. The summed E-state index contributed by atoms with van der Waals surface area (Å²) in [7, 11) is 1.62. The van der Waals surface area contributed by atoms with Gasteiger partial charge in [0, 0.05) is 26.6 Å². The number of benzene rings is 2. The van der Waals surface area contributed by atoms with Crippen molar-refractivity contribution in [3.63, 3.8) is 0 Å². The first-order valence-electron chi connectivity index (χ1n) is 13.3. The normalized spacial score (nSPS) is 23.8. The average Bonchev–Trinajstić information content (AvgIpc) is 2.90. The Balaban J connectivity index is 1.54. The van der Waals surface area contributed by atoms with Crippen molar-refractivity contribution in [2.75, 3.05) is 26.7 Å². The van der Waals surface area contributed by atoms with Gasteiger partial charge in [-0.3, -0.25) is 14.4 Å². The number of hydrogen-bond donors (Lipinski definition) is 3. The number of likely N-dealkylation sites (N-methyl/N-ethyl adjacent to an activating group) is 1. The zero-order valence-corrected chi connectivity index (χ0v) is 21.8. The maximum absolute atomic E-state index is 13.1. The third-order valence-electron chi connectivity index (χ3n) is 7.11. The van der Waals surface area contributed by atoms with Crippen LogP contribution in [0.25, 0.3) is 0 Å². The summed E-state index contributed by atoms with van der Waals surface area (Å²) in [4.78, 5) is 40.5. The molecule has 0 fully saturated rings. The Kier molecular flexibility index (Phi) is 9.17. The molecule has 3 amide bonds. The van der Waals surface area contributed by atoms with Crippen LogP contribution in [0.15, 0.2) is 48.5 Å². The van der Waals surface area contributed by atoms with Gasteiger partial charge < -0.3 is 25.6 Å². The van der Waals surface area contributed by atoms with E-state index >= 15 is 0 Å². The molecule has 198 valence electrons. The molecule has 2 bridgehead atoms. The maximum Gasteiger partial charge on any atom is 0.242 e. The Bertz CT molecular complexity index is 1090. The van der Waals surface area contributed by atoms with Gasteiger partial charge in [0.25, 0.3) is 0 Å². The van der Waals surface area contributed by atoms with E-state index in [1.165, 1.54) is 10.5 Å². The summed E-state index contributed by atoms with van der Waals surface area (Å²) in [6.07, 6.45) is 4.29. The van der Waals surface area contributed by atoms with Crippen LogP contribution in [0.3, 0.4) is 0 Å². The lowest BCUT2D eigenvalue weighted by atomic mass is 9.97. The molecule has 3 N–H and O–H groups in total. The van der Waals surface area contributed by atoms with Crippen LogP contribution in [-0.4, -0.2) is 67.5 Å². The quantitative estimate of drug-likeness (QED) is 0.591. The van der Waals surface area contributed by atoms with E-state index in [0.717, 1.165) is 42.6 Å². The summed E-state index contributed by atoms with van der Waals surface area (Å²) >= 11 is 0. The minimum Gasteiger partial charge on any atom is -0.489 e. The number of amides is 3. The number of nitrogens with one attached hydrogen (secondary N) is 3. The van der Waals surface area contributed by atoms with Crippen LogP contribution in [0.2, 0.25) is 0 Å². The summed E-state index contributed by atoms with van der Waals surface area (Å²) in [6.45, 7) is 2.88. The van der Waals surface area contributed by atoms with Crippen LogP contribution in [0.4, 0.5) is 0 Å². The van der Waals surface area contributed by atoms with Crippen molar-refractivity contribution in [1.29, 1.82) is 0 Å². The summed E-state index contributed by atoms with van der Waals surface area (Å²) in [5, 5.41) is 9.22. The van der Waals surface area contributed by atoms with Crippen molar-refractivity contribution in [2.45, 2.75) is 63.6 Å². The van der Waals surface area contributed by atoms with E-state index in [2.05, 4.69) is 34.1 Å². The third kappa shape index (κ3) is 7.10. The van der Waals surface area contributed by atoms with Crippen molar-refractivity contribution in [1.82, 2.24) is 20.9 Å². The third-order valence-corrected chi connectivity index (χ3v) is 7.11. The standard InChI is InChI=1S/C29H38N4O4/c1-3-24-29(36)33(2)19-26(34)32-25(17-20-9-5-4-6-10-20)28(35)30-16-8-13-21-11-7-12-22-14-15-23(18-31-24)37-27(21)22/h4-7,9-12,23-25,31H,3,8,13-19H2,1-2H3,(H,30,35)(H,32,34)/t23?,24?,25-/m1/s1. The van der Waals surface area contributed by atoms with Crippen LogP contribution in [0.1, 0.15) is 42.9 Å². The Labute approximate surface area is 219 Å². The Morgan fingerprint density at radius 2 is 1.73 bits per heavy atom. The van der Waals surface area contributed by atoms with Gasteiger partial charge in [0.15, 0.2) is 0 Å². The van der Waals surface area contributed by atoms with Gasteiger partial charge in [-0.25, -0.2) is 0 Å². The predicted octanol–water partition coefficient (Wildman–Crippen LogP) is 2.00. The van der Waals surface area contributed by atoms with Crippen LogP contribution < -0.4 is 20.7 Å². The van der Waals surface area contributed by atoms with Crippen molar-refractivity contribution >= 4 is 17.7 Å². The molecule has 0 saturated carbocycles. The lowest BCUT2D eigenvalue weighted by Crippen LogP contribution is -2.53. The highest BCUT2D eigenvalue weighted by atomic mass is 16.5. The maximum atomic E-state index is 13.1. The zero-order chi connectivity index (χ0) is 26.2. The summed E-state index contributed by atoms with van der Waals surface area (Å²) in [5.41, 5.74) is 3.29. The molecule has 0 saturated heterocycles. The van der Waals surface area contributed by atoms with E-state index in [9.17, 15) is 14.4 Å². The molecule has 4 rings (SSSR count). The molecule has 2 aliphatic heterocycles. The molecular weight excluding hydrogens is 468 g/mol. The lowest BCUT2D eigenvalue weighted by Gasteiger charge is -2.30. The molecule has 0 aliphatic carbocycles. The molecule has 2 aliphatic rings. The molecule has 2 heterocycles. The molecule has 8 nitrogen and oxygen atoms in total. The minimum atomic E-state index is -0.731. The second-order valence-electron chi connectivity index (χ2n) is 9.95. The van der Waals surface area contributed by atoms with Crippen LogP contribution >= 0.6 is 0 Å². The van der Waals surface area contributed by atoms with E-state index in [0.29, 0.717) is 25.9 Å². The van der Waals surface area contributed by atoms with Gasteiger partial charge in [-0.2, -0.15) is 0 Å². The van der Waals surface area contributed by atoms with Gasteiger partial charge in [0.1, 0.15) is 17.9 Å². The van der Waals surface area contributed by atoms with E-state index in [1.54, 1.807) is 7.05 Å². The van der Waals surface area contributed by atoms with E-state index in [1.807, 2.05) is 37.3 Å². The molecule has 2 aromatic carbocycles. The molecule has 0 aromatic heterocycles. The van der Waals surface area contributed by atoms with E-state index in [-0.39, 0.29) is 30.4 Å². The SMILES string of the molecule is CCC1NCC2CCc3cccc(c3O2)CCCNC(=O)[C@@H](Cc2ccccc2)NC(=O)CN(C)C1=O. The summed E-state index contributed by atoms with van der Waals surface area (Å²) in [5.74, 6) is 0.199. The highest BCUT2D eigenvalue weighted by molar-refractivity contribution is 5.91. The minimum absolute atomic E-state index is 0.0264.